The lowest BCUT2D eigenvalue weighted by molar-refractivity contribution is -0.363. The minimum atomic E-state index is -2.45. The lowest BCUT2D eigenvalue weighted by Gasteiger charge is -2.70. The maximum Gasteiger partial charge on any atom is 0.338 e. The fourth-order valence-corrected chi connectivity index (χ4v) is 14.3. The van der Waals surface area contributed by atoms with E-state index in [4.69, 9.17) is 27.8 Å². The molecule has 1 aromatic rings. The van der Waals surface area contributed by atoms with Gasteiger partial charge in [0.15, 0.2) is 22.2 Å². The molecule has 13 heteroatoms. The predicted octanol–water partition coefficient (Wildman–Crippen LogP) is 6.33. The van der Waals surface area contributed by atoms with E-state index < -0.39 is 99.1 Å². The van der Waals surface area contributed by atoms with Gasteiger partial charge in [0.05, 0.1) is 30.3 Å². The summed E-state index contributed by atoms with van der Waals surface area (Å²) in [5, 5.41) is 26.7. The third-order valence-electron chi connectivity index (χ3n) is 13.2. The van der Waals surface area contributed by atoms with Crippen LogP contribution in [-0.2, 0) is 37.4 Å². The van der Waals surface area contributed by atoms with E-state index in [0.29, 0.717) is 5.57 Å². The molecule has 3 aliphatic carbocycles. The first-order valence-corrected chi connectivity index (χ1v) is 25.2. The highest BCUT2D eigenvalue weighted by Gasteiger charge is 2.79. The zero-order chi connectivity index (χ0) is 39.5. The summed E-state index contributed by atoms with van der Waals surface area (Å²) < 4.78 is 39.8. The van der Waals surface area contributed by atoms with Crippen LogP contribution in [0, 0.1) is 16.7 Å². The molecule has 1 aliphatic heterocycles. The predicted molar refractivity (Wildman–Crippen MR) is 204 cm³/mol. The van der Waals surface area contributed by atoms with Crippen molar-refractivity contribution in [2.45, 2.75) is 161 Å². The number of esters is 3. The number of carbonyl (C=O) groups excluding carboxylic acids is 3. The Morgan fingerprint density at radius 2 is 1.51 bits per heavy atom. The highest BCUT2D eigenvalue weighted by molar-refractivity contribution is 6.73. The summed E-state index contributed by atoms with van der Waals surface area (Å²) in [5.74, 6) is -2.97. The van der Waals surface area contributed by atoms with Crippen molar-refractivity contribution in [1.82, 2.24) is 0 Å². The summed E-state index contributed by atoms with van der Waals surface area (Å²) in [6.07, 6.45) is -5.90. The van der Waals surface area contributed by atoms with Crippen molar-refractivity contribution in [3.05, 3.63) is 47.0 Å². The standard InChI is InChI=1S/C40H62O11Si2/c1-13-53(14-2,15-3)51-29-21-30-39(23-46-30,49-26(6)42)33-35(48-36(44)27-19-17-16-18-20-27)40(45)22-28(50-52(10,11)12)24(4)31(37(40,7)8)32(43)34(38(29,33)9)47-25(5)41/h16-20,28-30,32-35,43,45H,13-15,21-23H2,1-12H3/t28?,29-,30+,32+,33?,34+,35-,38+,39-,40+/m0/s1. The average Bonchev–Trinajstić information content (AvgIpc) is 3.07. The van der Waals surface area contributed by atoms with Crippen molar-refractivity contribution in [2.75, 3.05) is 6.61 Å². The van der Waals surface area contributed by atoms with Crippen LogP contribution < -0.4 is 0 Å². The summed E-state index contributed by atoms with van der Waals surface area (Å²) in [6.45, 7) is 22.5. The van der Waals surface area contributed by atoms with Crippen LogP contribution in [0.4, 0.5) is 0 Å². The molecule has 2 N–H and O–H groups in total. The third-order valence-corrected chi connectivity index (χ3v) is 18.8. The number of carbonyl (C=O) groups is 3. The number of aliphatic hydroxyl groups excluding tert-OH is 1. The normalized spacial score (nSPS) is 36.5. The van der Waals surface area contributed by atoms with Crippen LogP contribution in [0.5, 0.6) is 0 Å². The number of fused-ring (bicyclic) bond motifs is 5. The molecule has 3 fully saturated rings. The quantitative estimate of drug-likeness (QED) is 0.113. The van der Waals surface area contributed by atoms with Crippen LogP contribution >= 0.6 is 0 Å². The van der Waals surface area contributed by atoms with Crippen LogP contribution in [0.2, 0.25) is 37.8 Å². The first kappa shape index (κ1) is 41.8. The first-order valence-electron chi connectivity index (χ1n) is 19.3. The van der Waals surface area contributed by atoms with Gasteiger partial charge in [0.2, 0.25) is 0 Å². The number of benzene rings is 1. The Labute approximate surface area is 317 Å². The van der Waals surface area contributed by atoms with E-state index >= 15 is 0 Å². The van der Waals surface area contributed by atoms with Crippen molar-refractivity contribution in [3.8, 4) is 0 Å². The van der Waals surface area contributed by atoms with E-state index in [1.165, 1.54) is 13.8 Å². The Kier molecular flexibility index (Phi) is 11.5. The van der Waals surface area contributed by atoms with E-state index in [-0.39, 0.29) is 25.0 Å². The lowest BCUT2D eigenvalue weighted by atomic mass is 9.44. The Hall–Kier alpha value is -2.40. The second-order valence-corrected chi connectivity index (χ2v) is 26.7. The van der Waals surface area contributed by atoms with Crippen LogP contribution in [0.3, 0.4) is 0 Å². The van der Waals surface area contributed by atoms with Gasteiger partial charge in [-0.25, -0.2) is 4.79 Å². The molecule has 10 atom stereocenters. The number of rotatable bonds is 11. The van der Waals surface area contributed by atoms with Gasteiger partial charge in [-0.05, 0) is 68.0 Å². The first-order chi connectivity index (χ1) is 24.6. The minimum absolute atomic E-state index is 0.0225. The van der Waals surface area contributed by atoms with Crippen LogP contribution in [0.1, 0.15) is 85.5 Å². The van der Waals surface area contributed by atoms with Gasteiger partial charge in [0, 0.05) is 37.5 Å². The molecule has 0 aromatic heterocycles. The number of aliphatic hydroxyl groups is 2. The monoisotopic (exact) mass is 774 g/mol. The molecule has 2 unspecified atom stereocenters. The van der Waals surface area contributed by atoms with E-state index in [2.05, 4.69) is 20.8 Å². The van der Waals surface area contributed by atoms with Crippen LogP contribution in [0.25, 0.3) is 0 Å². The Morgan fingerprint density at radius 1 is 0.906 bits per heavy atom. The molecular formula is C40H62O11Si2. The van der Waals surface area contributed by atoms with Crippen molar-refractivity contribution >= 4 is 34.5 Å². The van der Waals surface area contributed by atoms with Gasteiger partial charge in [-0.2, -0.15) is 0 Å². The molecule has 0 amide bonds. The molecule has 53 heavy (non-hydrogen) atoms. The molecule has 0 radical (unpaired) electrons. The molecular weight excluding hydrogens is 713 g/mol. The fourth-order valence-electron chi connectivity index (χ4n) is 10.2. The second-order valence-electron chi connectivity index (χ2n) is 17.5. The topological polar surface area (TPSA) is 147 Å². The summed E-state index contributed by atoms with van der Waals surface area (Å²) in [5.41, 5.74) is -4.57. The highest BCUT2D eigenvalue weighted by Crippen LogP contribution is 2.66. The SMILES string of the molecule is CC[Si](CC)(CC)O[C@H]1C[C@H]2OC[C@@]2(OC(C)=O)C2[C@H](OC(=O)c3ccccc3)[C@]3(O)CC(O[Si](C)(C)C)C(C)=C([C@@H](O)[C@@H](OC(C)=O)[C@@]21C)C3(C)C. The Morgan fingerprint density at radius 3 is 2.00 bits per heavy atom. The zero-order valence-electron chi connectivity index (χ0n) is 33.7. The molecule has 296 valence electrons. The summed E-state index contributed by atoms with van der Waals surface area (Å²) >= 11 is 0. The summed E-state index contributed by atoms with van der Waals surface area (Å²) in [7, 11) is -4.74. The van der Waals surface area contributed by atoms with Gasteiger partial charge in [-0.15, -0.1) is 0 Å². The minimum Gasteiger partial charge on any atom is -0.459 e. The van der Waals surface area contributed by atoms with E-state index in [1.54, 1.807) is 30.3 Å². The van der Waals surface area contributed by atoms with Crippen molar-refractivity contribution in [3.63, 3.8) is 0 Å². The zero-order valence-corrected chi connectivity index (χ0v) is 35.7. The molecule has 2 saturated carbocycles. The van der Waals surface area contributed by atoms with E-state index in [9.17, 15) is 24.6 Å². The highest BCUT2D eigenvalue weighted by atomic mass is 28.4. The lowest BCUT2D eigenvalue weighted by Crippen LogP contribution is -2.83. The van der Waals surface area contributed by atoms with Crippen molar-refractivity contribution < 1.29 is 52.4 Å². The number of ether oxygens (including phenoxy) is 4. The van der Waals surface area contributed by atoms with Crippen LogP contribution in [0.15, 0.2) is 41.5 Å². The smallest absolute Gasteiger partial charge is 0.338 e. The number of hydrogen-bond acceptors (Lipinski definition) is 11. The van der Waals surface area contributed by atoms with Gasteiger partial charge in [0.1, 0.15) is 30.0 Å². The summed E-state index contributed by atoms with van der Waals surface area (Å²) in [4.78, 5) is 40.9. The maximum absolute atomic E-state index is 14.4. The second kappa shape index (κ2) is 14.6. The molecule has 0 spiro atoms. The molecule has 4 aliphatic rings. The molecule has 1 aromatic carbocycles. The average molecular weight is 775 g/mol. The van der Waals surface area contributed by atoms with Gasteiger partial charge in [0.25, 0.3) is 0 Å². The fraction of sp³-hybridized carbons (Fsp3) is 0.725. The molecule has 2 bridgehead atoms. The third kappa shape index (κ3) is 6.90. The molecule has 11 nitrogen and oxygen atoms in total. The maximum atomic E-state index is 14.4. The van der Waals surface area contributed by atoms with E-state index in [0.717, 1.165) is 23.7 Å². The van der Waals surface area contributed by atoms with Crippen molar-refractivity contribution in [1.29, 1.82) is 0 Å². The largest absolute Gasteiger partial charge is 0.459 e. The van der Waals surface area contributed by atoms with Crippen LogP contribution in [-0.4, -0.2) is 99.2 Å². The molecule has 1 saturated heterocycles. The van der Waals surface area contributed by atoms with Gasteiger partial charge >= 0.3 is 17.9 Å². The van der Waals surface area contributed by atoms with Crippen molar-refractivity contribution in [2.24, 2.45) is 16.7 Å². The Bertz CT molecular complexity index is 1580. The molecule has 5 rings (SSSR count). The van der Waals surface area contributed by atoms with Gasteiger partial charge in [-0.1, -0.05) is 59.7 Å². The van der Waals surface area contributed by atoms with E-state index in [1.807, 2.05) is 47.3 Å². The Balaban J connectivity index is 1.92. The molecule has 1 heterocycles. The van der Waals surface area contributed by atoms with Gasteiger partial charge in [-0.3, -0.25) is 9.59 Å². The van der Waals surface area contributed by atoms with Gasteiger partial charge < -0.3 is 38.0 Å². The summed E-state index contributed by atoms with van der Waals surface area (Å²) in [6, 6.07) is 11.0. The number of hydrogen-bond donors (Lipinski definition) is 2.